The first kappa shape index (κ1) is 109. The van der Waals surface area contributed by atoms with Crippen LogP contribution in [0.15, 0.2) is 0 Å². The van der Waals surface area contributed by atoms with E-state index in [0.717, 1.165) is 66.3 Å². The van der Waals surface area contributed by atoms with Gasteiger partial charge in [-0.1, -0.05) is 41.5 Å². The van der Waals surface area contributed by atoms with E-state index in [9.17, 15) is 0 Å². The molecule has 0 aliphatic heterocycles. The summed E-state index contributed by atoms with van der Waals surface area (Å²) in [7, 11) is 6.44. The van der Waals surface area contributed by atoms with Crippen molar-refractivity contribution < 1.29 is 106 Å². The molecule has 0 aromatic carbocycles. The first-order valence-electron chi connectivity index (χ1n) is 40.2. The third kappa shape index (κ3) is 43.3. The number of nitrogens with zero attached hydrogens (tertiary/aromatic N) is 24. The minimum Gasteiger partial charge on any atom is -0.376 e. The Bertz CT molecular complexity index is 2630. The molecular weight excluding hydrogens is 1550 g/mol. The quantitative estimate of drug-likeness (QED) is 0.0272. The van der Waals surface area contributed by atoms with Crippen molar-refractivity contribution in [2.75, 3.05) is 328 Å². The molecule has 0 fully saturated rings. The van der Waals surface area contributed by atoms with E-state index in [0.29, 0.717) is 160 Å². The first-order valence-corrected chi connectivity index (χ1v) is 40.2. The molecule has 118 heavy (non-hydrogen) atoms. The van der Waals surface area contributed by atoms with Crippen molar-refractivity contribution in [1.29, 1.82) is 0 Å². The molecule has 4 heterocycles. The number of aliphatic hydroxyl groups is 6. The van der Waals surface area contributed by atoms with Gasteiger partial charge in [0.05, 0.1) is 0 Å². The van der Waals surface area contributed by atoms with Gasteiger partial charge in [-0.2, -0.15) is 59.8 Å². The lowest BCUT2D eigenvalue weighted by Crippen LogP contribution is -2.37. The number of ether oxygens (including phenoxy) is 16. The van der Waals surface area contributed by atoms with Gasteiger partial charge in [0.25, 0.3) is 0 Å². The summed E-state index contributed by atoms with van der Waals surface area (Å²) in [5.74, 6) is 3.56. The van der Waals surface area contributed by atoms with Crippen LogP contribution in [0.5, 0.6) is 0 Å². The summed E-state index contributed by atoms with van der Waals surface area (Å²) < 4.78 is 89.9. The standard InChI is InChI=1S/C27H54N6O6.C21H42N6O6.C15H30N6O4.C9H18N6O6/c1-7-13-34-19-31(20-35-14-8-2)25-28-26(32(21-36-15-9-3)22-37-16-10-4)30-27(29-25)33(23-38-17-11-5)24-39-18-12-6;1-7-28-13-25(14-29-8-2)19-22-20(26(15-30-9-3)16-31-10-4)24-21(23-19)27(17-32-11-5)18-33-12-6;1-7-19(8-2)13-16-14(20(9-22-3)10-23-4)18-15(17-13)21(11-24-5)12-25-6;16-1-13(2-17)7-10-8(14(3-18)4-19)12-9(11-7)15(5-20)6-21/h7-24H2,1-6H3;7-18H2,1-6H3;7-12H2,1-6H3;16-21H,1-6H2. The molecule has 0 bridgehead atoms. The molecule has 4 aromatic rings. The van der Waals surface area contributed by atoms with Gasteiger partial charge in [-0.3, -0.25) is 53.9 Å². The molecule has 0 atom stereocenters. The SMILES string of the molecule is CCCOCN(COCCC)c1nc(N(COCCC)COCCC)nc(N(COCCC)COCCC)n1.CCN(CC)c1nc(N(COC)COC)nc(N(COC)COC)n1.CCOCN(COCC)c1nc(N(COCC)COCC)nc(N(COCC)COCC)n1.OCN(CO)c1nc(N(CO)CO)nc(N(CO)CO)n1. The fraction of sp³-hybridized carbons (Fsp3) is 0.833. The summed E-state index contributed by atoms with van der Waals surface area (Å²) in [6.07, 6.45) is 5.45. The van der Waals surface area contributed by atoms with Gasteiger partial charge in [-0.15, -0.1) is 0 Å². The van der Waals surface area contributed by atoms with Crippen LogP contribution in [-0.2, 0) is 75.8 Å². The third-order valence-electron chi connectivity index (χ3n) is 15.0. The number of aromatic nitrogens is 12. The maximum Gasteiger partial charge on any atom is 0.235 e. The zero-order valence-electron chi connectivity index (χ0n) is 73.6. The highest BCUT2D eigenvalue weighted by molar-refractivity contribution is 5.49. The van der Waals surface area contributed by atoms with E-state index in [2.05, 4.69) is 85.3 Å². The summed E-state index contributed by atoms with van der Waals surface area (Å²) in [5, 5.41) is 54.6. The van der Waals surface area contributed by atoms with E-state index in [1.165, 1.54) is 0 Å². The van der Waals surface area contributed by atoms with Crippen LogP contribution in [0.4, 0.5) is 71.4 Å². The lowest BCUT2D eigenvalue weighted by atomic mass is 10.5. The second kappa shape index (κ2) is 71.5. The van der Waals surface area contributed by atoms with Crippen LogP contribution >= 0.6 is 0 Å². The van der Waals surface area contributed by atoms with E-state index < -0.39 is 40.4 Å². The van der Waals surface area contributed by atoms with Crippen molar-refractivity contribution in [3.63, 3.8) is 0 Å². The lowest BCUT2D eigenvalue weighted by molar-refractivity contribution is 0.0804. The first-order chi connectivity index (χ1) is 57.6. The van der Waals surface area contributed by atoms with E-state index in [1.807, 2.05) is 61.1 Å². The maximum atomic E-state index is 9.11. The zero-order valence-corrected chi connectivity index (χ0v) is 73.6. The van der Waals surface area contributed by atoms with Gasteiger partial charge in [0.2, 0.25) is 71.4 Å². The Morgan fingerprint density at radius 3 is 0.424 bits per heavy atom. The van der Waals surface area contributed by atoms with E-state index in [1.54, 1.807) is 52.9 Å². The Morgan fingerprint density at radius 2 is 0.305 bits per heavy atom. The van der Waals surface area contributed by atoms with Crippen LogP contribution in [0.2, 0.25) is 0 Å². The van der Waals surface area contributed by atoms with Gasteiger partial charge in [0.1, 0.15) is 148 Å². The molecule has 6 N–H and O–H groups in total. The van der Waals surface area contributed by atoms with Crippen molar-refractivity contribution in [2.24, 2.45) is 0 Å². The molecule has 0 spiro atoms. The molecule has 46 heteroatoms. The highest BCUT2D eigenvalue weighted by Gasteiger charge is 2.27. The average molecular weight is 1700 g/mol. The van der Waals surface area contributed by atoms with Crippen LogP contribution in [0.1, 0.15) is 135 Å². The maximum absolute atomic E-state index is 9.11. The number of hydrogen-bond donors (Lipinski definition) is 6. The highest BCUT2D eigenvalue weighted by atomic mass is 16.6. The fourth-order valence-electron chi connectivity index (χ4n) is 9.06. The minimum absolute atomic E-state index is 0.168. The van der Waals surface area contributed by atoms with Crippen molar-refractivity contribution in [3.8, 4) is 0 Å². The molecule has 0 amide bonds. The van der Waals surface area contributed by atoms with E-state index in [-0.39, 0.29) is 98.6 Å². The summed E-state index contributed by atoms with van der Waals surface area (Å²) >= 11 is 0. The monoisotopic (exact) mass is 1700 g/mol. The summed E-state index contributed by atoms with van der Waals surface area (Å²) in [6.45, 7) is 37.7. The van der Waals surface area contributed by atoms with Crippen molar-refractivity contribution >= 4 is 71.4 Å². The Balaban J connectivity index is 0.000000807. The number of aliphatic hydroxyl groups excluding tert-OH is 6. The molecule has 0 saturated heterocycles. The average Bonchev–Trinajstić information content (AvgIpc) is 0.843. The van der Waals surface area contributed by atoms with Crippen LogP contribution in [-0.4, -0.2) is 359 Å². The molecule has 0 aliphatic carbocycles. The topological polar surface area (TPSA) is 463 Å². The highest BCUT2D eigenvalue weighted by Crippen LogP contribution is 2.25. The zero-order chi connectivity index (χ0) is 87.4. The summed E-state index contributed by atoms with van der Waals surface area (Å²) in [6, 6.07) is 0. The number of hydrogen-bond acceptors (Lipinski definition) is 46. The predicted octanol–water partition coefficient (Wildman–Crippen LogP) is 3.59. The second-order valence-corrected chi connectivity index (χ2v) is 24.5. The van der Waals surface area contributed by atoms with E-state index in [4.69, 9.17) is 136 Å². The molecule has 684 valence electrons. The molecule has 46 nitrogen and oxygen atoms in total. The smallest absolute Gasteiger partial charge is 0.235 e. The fourth-order valence-corrected chi connectivity index (χ4v) is 9.06. The molecule has 0 radical (unpaired) electrons. The number of rotatable bonds is 70. The third-order valence-corrected chi connectivity index (χ3v) is 15.0. The van der Waals surface area contributed by atoms with Crippen molar-refractivity contribution in [1.82, 2.24) is 59.8 Å². The molecule has 0 aliphatic rings. The van der Waals surface area contributed by atoms with Gasteiger partial charge in [-0.25, -0.2) is 0 Å². The van der Waals surface area contributed by atoms with E-state index >= 15 is 0 Å². The van der Waals surface area contributed by atoms with Gasteiger partial charge < -0.3 is 111 Å². The van der Waals surface area contributed by atoms with Gasteiger partial charge in [0.15, 0.2) is 0 Å². The van der Waals surface area contributed by atoms with Crippen molar-refractivity contribution in [3.05, 3.63) is 0 Å². The predicted molar refractivity (Wildman–Crippen MR) is 446 cm³/mol. The van der Waals surface area contributed by atoms with Crippen molar-refractivity contribution in [2.45, 2.75) is 135 Å². The Labute approximate surface area is 698 Å². The Morgan fingerprint density at radius 1 is 0.178 bits per heavy atom. The largest absolute Gasteiger partial charge is 0.376 e. The molecule has 4 aromatic heterocycles. The second-order valence-electron chi connectivity index (χ2n) is 24.5. The molecule has 4 rings (SSSR count). The molecule has 0 unspecified atom stereocenters. The number of methoxy groups -OCH3 is 4. The van der Waals surface area contributed by atoms with Crippen LogP contribution in [0, 0.1) is 0 Å². The lowest BCUT2D eigenvalue weighted by Gasteiger charge is -2.28. The van der Waals surface area contributed by atoms with Crippen LogP contribution in [0.3, 0.4) is 0 Å². The van der Waals surface area contributed by atoms with Gasteiger partial charge in [0, 0.05) is 121 Å². The normalized spacial score (nSPS) is 11.0. The van der Waals surface area contributed by atoms with Crippen LogP contribution < -0.4 is 58.8 Å². The molecule has 0 saturated carbocycles. The van der Waals surface area contributed by atoms with Crippen LogP contribution in [0.25, 0.3) is 0 Å². The summed E-state index contributed by atoms with van der Waals surface area (Å²) in [4.78, 5) is 73.3. The Hall–Kier alpha value is -7.24. The molecular formula is C72H144N24O22. The van der Waals surface area contributed by atoms with Gasteiger partial charge in [-0.05, 0) is 93.9 Å². The Kier molecular flexibility index (Phi) is 65.9. The van der Waals surface area contributed by atoms with Gasteiger partial charge >= 0.3 is 0 Å². The summed E-state index contributed by atoms with van der Waals surface area (Å²) in [5.41, 5.74) is 0. The minimum atomic E-state index is -0.601. The number of anilines is 12.